The number of carbonyl (C=O) groups excluding carboxylic acids is 1. The van der Waals surface area contributed by atoms with Gasteiger partial charge in [-0.25, -0.2) is 4.79 Å². The smallest absolute Gasteiger partial charge is 0.330 e. The molecular formula is C21H30N4O4. The Hall–Kier alpha value is -3.03. The predicted molar refractivity (Wildman–Crippen MR) is 115 cm³/mol. The minimum atomic E-state index is -0.673. The number of aryl methyl sites for hydroxylation is 1. The van der Waals surface area contributed by atoms with E-state index in [1.165, 1.54) is 9.47 Å². The van der Waals surface area contributed by atoms with Gasteiger partial charge in [0, 0.05) is 13.1 Å². The van der Waals surface area contributed by atoms with Gasteiger partial charge in [-0.05, 0) is 30.9 Å². The summed E-state index contributed by atoms with van der Waals surface area (Å²) in [4.78, 5) is 41.3. The lowest BCUT2D eigenvalue weighted by atomic mass is 10.2. The maximum atomic E-state index is 13.0. The number of amides is 1. The Kier molecular flexibility index (Phi) is 7.64. The van der Waals surface area contributed by atoms with Gasteiger partial charge in [0.25, 0.3) is 11.5 Å². The minimum absolute atomic E-state index is 0.00270. The van der Waals surface area contributed by atoms with E-state index >= 15 is 0 Å². The first-order valence-electron chi connectivity index (χ1n) is 9.87. The largest absolute Gasteiger partial charge is 0.483 e. The van der Waals surface area contributed by atoms with Crippen LogP contribution < -0.4 is 26.6 Å². The molecule has 1 amide bonds. The molecule has 0 radical (unpaired) electrons. The van der Waals surface area contributed by atoms with Crippen molar-refractivity contribution >= 4 is 17.4 Å². The zero-order valence-corrected chi connectivity index (χ0v) is 17.5. The number of aromatic amines is 1. The maximum Gasteiger partial charge on any atom is 0.330 e. The second-order valence-electron chi connectivity index (χ2n) is 7.45. The second-order valence-corrected chi connectivity index (χ2v) is 7.45. The highest BCUT2D eigenvalue weighted by molar-refractivity contribution is 5.96. The van der Waals surface area contributed by atoms with Crippen LogP contribution in [-0.4, -0.2) is 28.6 Å². The molecule has 3 N–H and O–H groups in total. The highest BCUT2D eigenvalue weighted by atomic mass is 16.5. The molecule has 29 heavy (non-hydrogen) atoms. The fourth-order valence-electron chi connectivity index (χ4n) is 3.00. The van der Waals surface area contributed by atoms with Gasteiger partial charge in [-0.15, -0.1) is 0 Å². The number of aromatic nitrogens is 2. The summed E-state index contributed by atoms with van der Waals surface area (Å²) >= 11 is 0. The van der Waals surface area contributed by atoms with Crippen molar-refractivity contribution in [3.8, 4) is 5.75 Å². The van der Waals surface area contributed by atoms with E-state index in [0.29, 0.717) is 25.3 Å². The van der Waals surface area contributed by atoms with E-state index in [4.69, 9.17) is 10.5 Å². The Labute approximate surface area is 170 Å². The maximum absolute atomic E-state index is 13.0. The highest BCUT2D eigenvalue weighted by Crippen LogP contribution is 2.20. The van der Waals surface area contributed by atoms with Crippen LogP contribution in [0.5, 0.6) is 5.75 Å². The lowest BCUT2D eigenvalue weighted by Crippen LogP contribution is -2.43. The number of para-hydroxylation sites is 1. The van der Waals surface area contributed by atoms with E-state index in [-0.39, 0.29) is 24.0 Å². The lowest BCUT2D eigenvalue weighted by Gasteiger charge is -2.25. The molecule has 0 aliphatic carbocycles. The van der Waals surface area contributed by atoms with Crippen LogP contribution in [-0.2, 0) is 11.3 Å². The molecule has 0 aliphatic rings. The van der Waals surface area contributed by atoms with E-state index in [1.54, 1.807) is 6.07 Å². The standard InChI is InChI=1S/C21H30N4O4/c1-5-6-11-24(17(26)13-29-16-10-8-7-9-15(16)4)18-19(22)25(12-14(2)3)21(28)23-20(18)27/h7-10,14H,5-6,11-13,22H2,1-4H3,(H,23,27,28). The van der Waals surface area contributed by atoms with Crippen LogP contribution in [0, 0.1) is 12.8 Å². The number of nitrogen functional groups attached to an aromatic ring is 1. The molecule has 1 heterocycles. The zero-order chi connectivity index (χ0) is 21.6. The summed E-state index contributed by atoms with van der Waals surface area (Å²) in [6.45, 7) is 8.15. The summed E-state index contributed by atoms with van der Waals surface area (Å²) < 4.78 is 6.97. The van der Waals surface area contributed by atoms with E-state index < -0.39 is 17.2 Å². The van der Waals surface area contributed by atoms with Crippen LogP contribution in [0.1, 0.15) is 39.2 Å². The second kappa shape index (κ2) is 9.95. The SMILES string of the molecule is CCCCN(C(=O)COc1ccccc1C)c1c(N)n(CC(C)C)c(=O)[nH]c1=O. The first-order chi connectivity index (χ1) is 13.8. The van der Waals surface area contributed by atoms with Gasteiger partial charge >= 0.3 is 5.69 Å². The van der Waals surface area contributed by atoms with Crippen molar-refractivity contribution in [2.24, 2.45) is 5.92 Å². The number of anilines is 2. The summed E-state index contributed by atoms with van der Waals surface area (Å²) in [5, 5.41) is 0. The third-order valence-corrected chi connectivity index (χ3v) is 4.51. The van der Waals surface area contributed by atoms with Gasteiger partial charge in [0.05, 0.1) is 0 Å². The molecule has 2 aromatic rings. The summed E-state index contributed by atoms with van der Waals surface area (Å²) in [7, 11) is 0. The number of H-pyrrole nitrogens is 1. The number of ether oxygens (including phenoxy) is 1. The topological polar surface area (TPSA) is 110 Å². The number of nitrogens with zero attached hydrogens (tertiary/aromatic N) is 2. The molecule has 0 saturated carbocycles. The lowest BCUT2D eigenvalue weighted by molar-refractivity contribution is -0.120. The van der Waals surface area contributed by atoms with Gasteiger partial charge in [0.1, 0.15) is 11.6 Å². The molecule has 8 nitrogen and oxygen atoms in total. The first-order valence-corrected chi connectivity index (χ1v) is 9.87. The fraction of sp³-hybridized carbons (Fsp3) is 0.476. The van der Waals surface area contributed by atoms with E-state index in [1.807, 2.05) is 45.9 Å². The van der Waals surface area contributed by atoms with E-state index in [0.717, 1.165) is 12.0 Å². The molecule has 8 heteroatoms. The van der Waals surface area contributed by atoms with Crippen LogP contribution in [0.3, 0.4) is 0 Å². The van der Waals surface area contributed by atoms with Gasteiger partial charge in [0.2, 0.25) is 0 Å². The van der Waals surface area contributed by atoms with Crippen LogP contribution in [0.2, 0.25) is 0 Å². The van der Waals surface area contributed by atoms with E-state index in [9.17, 15) is 14.4 Å². The van der Waals surface area contributed by atoms with Crippen LogP contribution in [0.4, 0.5) is 11.5 Å². The Morgan fingerprint density at radius 1 is 1.28 bits per heavy atom. The monoisotopic (exact) mass is 402 g/mol. The predicted octanol–water partition coefficient (Wildman–Crippen LogP) is 2.30. The fourth-order valence-corrected chi connectivity index (χ4v) is 3.00. The number of rotatable bonds is 9. The van der Waals surface area contributed by atoms with Crippen LogP contribution in [0.25, 0.3) is 0 Å². The average Bonchev–Trinajstić information content (AvgIpc) is 2.66. The molecule has 1 aromatic heterocycles. The van der Waals surface area contributed by atoms with E-state index in [2.05, 4.69) is 4.98 Å². The van der Waals surface area contributed by atoms with Gasteiger partial charge in [0.15, 0.2) is 12.3 Å². The molecule has 0 spiro atoms. The molecular weight excluding hydrogens is 372 g/mol. The number of unbranched alkanes of at least 4 members (excludes halogenated alkanes) is 1. The highest BCUT2D eigenvalue weighted by Gasteiger charge is 2.24. The molecule has 158 valence electrons. The summed E-state index contributed by atoms with van der Waals surface area (Å²) in [6, 6.07) is 7.38. The number of nitrogens with one attached hydrogen (secondary N) is 1. The molecule has 0 unspecified atom stereocenters. The molecule has 0 fully saturated rings. The molecule has 0 aliphatic heterocycles. The van der Waals surface area contributed by atoms with Crippen LogP contribution >= 0.6 is 0 Å². The summed E-state index contributed by atoms with van der Waals surface area (Å²) in [6.07, 6.45) is 1.50. The van der Waals surface area contributed by atoms with Crippen molar-refractivity contribution in [1.82, 2.24) is 9.55 Å². The number of benzene rings is 1. The van der Waals surface area contributed by atoms with Crippen molar-refractivity contribution in [2.75, 3.05) is 23.8 Å². The van der Waals surface area contributed by atoms with Crippen molar-refractivity contribution in [2.45, 2.75) is 47.1 Å². The average molecular weight is 402 g/mol. The molecule has 0 atom stereocenters. The third kappa shape index (κ3) is 5.49. The van der Waals surface area contributed by atoms with Gasteiger partial charge < -0.3 is 15.4 Å². The Morgan fingerprint density at radius 2 is 1.97 bits per heavy atom. The Bertz CT molecular complexity index is 962. The van der Waals surface area contributed by atoms with Crippen molar-refractivity contribution in [3.63, 3.8) is 0 Å². The van der Waals surface area contributed by atoms with Gasteiger partial charge in [-0.1, -0.05) is 45.4 Å². The quantitative estimate of drug-likeness (QED) is 0.669. The van der Waals surface area contributed by atoms with Gasteiger partial charge in [-0.2, -0.15) is 0 Å². The van der Waals surface area contributed by atoms with Crippen molar-refractivity contribution in [3.05, 3.63) is 50.7 Å². The van der Waals surface area contributed by atoms with Gasteiger partial charge in [-0.3, -0.25) is 19.1 Å². The molecule has 2 rings (SSSR count). The Balaban J connectivity index is 2.38. The molecule has 0 bridgehead atoms. The molecule has 0 saturated heterocycles. The number of nitrogens with two attached hydrogens (primary N) is 1. The Morgan fingerprint density at radius 3 is 2.59 bits per heavy atom. The number of hydrogen-bond acceptors (Lipinski definition) is 5. The third-order valence-electron chi connectivity index (χ3n) is 4.51. The summed E-state index contributed by atoms with van der Waals surface area (Å²) in [5.74, 6) is 0.335. The van der Waals surface area contributed by atoms with Crippen LogP contribution in [0.15, 0.2) is 33.9 Å². The first kappa shape index (κ1) is 22.3. The zero-order valence-electron chi connectivity index (χ0n) is 17.5. The minimum Gasteiger partial charge on any atom is -0.483 e. The molecule has 1 aromatic carbocycles. The number of hydrogen-bond donors (Lipinski definition) is 2. The normalized spacial score (nSPS) is 10.9. The summed E-state index contributed by atoms with van der Waals surface area (Å²) in [5.41, 5.74) is 5.83. The number of carbonyl (C=O) groups is 1. The van der Waals surface area contributed by atoms with Crippen molar-refractivity contribution in [1.29, 1.82) is 0 Å². The van der Waals surface area contributed by atoms with Crippen molar-refractivity contribution < 1.29 is 9.53 Å².